The van der Waals surface area contributed by atoms with E-state index in [0.717, 1.165) is 12.0 Å². The lowest BCUT2D eigenvalue weighted by atomic mass is 9.95. The van der Waals surface area contributed by atoms with Crippen LogP contribution in [0.3, 0.4) is 0 Å². The van der Waals surface area contributed by atoms with Crippen LogP contribution in [-0.4, -0.2) is 33.1 Å². The molecule has 0 aliphatic carbocycles. The molecule has 0 heterocycles. The molecule has 0 saturated carbocycles. The van der Waals surface area contributed by atoms with E-state index in [1.807, 2.05) is 13.8 Å². The highest BCUT2D eigenvalue weighted by atomic mass is 16.4. The smallest absolute Gasteiger partial charge is 0.112 e. The molecule has 78 valence electrons. The second-order valence-electron chi connectivity index (χ2n) is 3.96. The van der Waals surface area contributed by atoms with Crippen LogP contribution in [0, 0.1) is 0 Å². The number of aliphatic hydroxyl groups excluding tert-OH is 2. The Morgan fingerprint density at radius 2 is 1.85 bits per heavy atom. The second-order valence-corrected chi connectivity index (χ2v) is 3.96. The van der Waals surface area contributed by atoms with Gasteiger partial charge in [-0.3, -0.25) is 0 Å². The van der Waals surface area contributed by atoms with E-state index in [9.17, 15) is 15.3 Å². The van der Waals surface area contributed by atoms with Crippen LogP contribution in [0.5, 0.6) is 0 Å². The van der Waals surface area contributed by atoms with Crippen LogP contribution in [0.4, 0.5) is 0 Å². The normalized spacial score (nSPS) is 18.5. The Balaban J connectivity index is 4.35. The summed E-state index contributed by atoms with van der Waals surface area (Å²) >= 11 is 0. The van der Waals surface area contributed by atoms with Crippen LogP contribution in [0.15, 0.2) is 11.6 Å². The molecule has 0 bridgehead atoms. The first-order valence-corrected chi connectivity index (χ1v) is 4.54. The topological polar surface area (TPSA) is 60.7 Å². The van der Waals surface area contributed by atoms with Crippen molar-refractivity contribution in [1.82, 2.24) is 0 Å². The molecule has 0 aromatic rings. The maximum Gasteiger partial charge on any atom is 0.112 e. The van der Waals surface area contributed by atoms with Crippen LogP contribution >= 0.6 is 0 Å². The maximum atomic E-state index is 9.47. The zero-order valence-electron chi connectivity index (χ0n) is 8.78. The Bertz CT molecular complexity index is 179. The molecule has 0 aliphatic rings. The third-order valence-electron chi connectivity index (χ3n) is 2.06. The molecule has 13 heavy (non-hydrogen) atoms. The Hall–Kier alpha value is -0.380. The Morgan fingerprint density at radius 1 is 1.38 bits per heavy atom. The van der Waals surface area contributed by atoms with Gasteiger partial charge in [0.15, 0.2) is 0 Å². The van der Waals surface area contributed by atoms with Crippen molar-refractivity contribution in [1.29, 1.82) is 0 Å². The van der Waals surface area contributed by atoms with Crippen LogP contribution in [0.2, 0.25) is 0 Å². The van der Waals surface area contributed by atoms with Crippen molar-refractivity contribution in [2.24, 2.45) is 0 Å². The quantitative estimate of drug-likeness (QED) is 0.573. The monoisotopic (exact) mass is 188 g/mol. The lowest BCUT2D eigenvalue weighted by Gasteiger charge is -2.27. The molecule has 2 atom stereocenters. The summed E-state index contributed by atoms with van der Waals surface area (Å²) in [7, 11) is 0. The van der Waals surface area contributed by atoms with E-state index in [1.165, 1.54) is 13.8 Å². The molecule has 0 aliphatic heterocycles. The molecule has 3 heteroatoms. The molecule has 3 nitrogen and oxygen atoms in total. The fourth-order valence-corrected chi connectivity index (χ4v) is 0.918. The van der Waals surface area contributed by atoms with Gasteiger partial charge >= 0.3 is 0 Å². The van der Waals surface area contributed by atoms with Crippen molar-refractivity contribution in [3.8, 4) is 0 Å². The number of aliphatic hydroxyl groups is 3. The van der Waals surface area contributed by atoms with Gasteiger partial charge in [0.05, 0.1) is 5.60 Å². The lowest BCUT2D eigenvalue weighted by Crippen LogP contribution is -2.43. The van der Waals surface area contributed by atoms with Crippen molar-refractivity contribution in [2.45, 2.75) is 51.9 Å². The van der Waals surface area contributed by atoms with Crippen molar-refractivity contribution >= 4 is 0 Å². The van der Waals surface area contributed by atoms with Gasteiger partial charge in [0.2, 0.25) is 0 Å². The van der Waals surface area contributed by atoms with Crippen molar-refractivity contribution in [3.05, 3.63) is 11.6 Å². The predicted molar refractivity (Wildman–Crippen MR) is 52.4 cm³/mol. The summed E-state index contributed by atoms with van der Waals surface area (Å²) in [5.74, 6) is 0. The summed E-state index contributed by atoms with van der Waals surface area (Å²) in [4.78, 5) is 0. The summed E-state index contributed by atoms with van der Waals surface area (Å²) in [6, 6.07) is 0. The van der Waals surface area contributed by atoms with Crippen molar-refractivity contribution < 1.29 is 15.3 Å². The summed E-state index contributed by atoms with van der Waals surface area (Å²) in [5, 5.41) is 28.3. The zero-order valence-corrected chi connectivity index (χ0v) is 8.78. The van der Waals surface area contributed by atoms with Gasteiger partial charge in [-0.25, -0.2) is 0 Å². The van der Waals surface area contributed by atoms with Gasteiger partial charge in [-0.1, -0.05) is 18.6 Å². The largest absolute Gasteiger partial charge is 0.388 e. The second kappa shape index (κ2) is 4.74. The van der Waals surface area contributed by atoms with Gasteiger partial charge in [-0.05, 0) is 27.2 Å². The number of allylic oxidation sites excluding steroid dienone is 1. The molecule has 0 saturated heterocycles. The van der Waals surface area contributed by atoms with Crippen molar-refractivity contribution in [2.75, 3.05) is 0 Å². The van der Waals surface area contributed by atoms with E-state index in [1.54, 1.807) is 6.08 Å². The summed E-state index contributed by atoms with van der Waals surface area (Å²) in [6.45, 7) is 6.78. The molecular formula is C10H20O3. The minimum atomic E-state index is -1.27. The highest BCUT2D eigenvalue weighted by Gasteiger charge is 2.29. The van der Waals surface area contributed by atoms with E-state index < -0.39 is 17.8 Å². The van der Waals surface area contributed by atoms with Gasteiger partial charge in [0.25, 0.3) is 0 Å². The number of rotatable bonds is 4. The summed E-state index contributed by atoms with van der Waals surface area (Å²) < 4.78 is 0. The van der Waals surface area contributed by atoms with E-state index in [4.69, 9.17) is 0 Å². The first-order valence-electron chi connectivity index (χ1n) is 4.54. The van der Waals surface area contributed by atoms with E-state index in [-0.39, 0.29) is 0 Å². The fourth-order valence-electron chi connectivity index (χ4n) is 0.918. The average Bonchev–Trinajstić information content (AvgIpc) is 2.01. The van der Waals surface area contributed by atoms with Gasteiger partial charge in [-0.15, -0.1) is 0 Å². The van der Waals surface area contributed by atoms with Crippen molar-refractivity contribution in [3.63, 3.8) is 0 Å². The highest BCUT2D eigenvalue weighted by molar-refractivity contribution is 5.04. The predicted octanol–water partition coefficient (Wildman–Crippen LogP) is 0.835. The standard InChI is InChI=1S/C10H20O3/c1-5-7(2)6-8(11)9(12)10(3,4)13/h6,8-9,11-13H,5H2,1-4H3/b7-6-. The van der Waals surface area contributed by atoms with Crippen LogP contribution in [0.1, 0.15) is 34.1 Å². The molecule has 0 radical (unpaired) electrons. The molecule has 0 aromatic carbocycles. The minimum Gasteiger partial charge on any atom is -0.388 e. The number of hydrogen-bond acceptors (Lipinski definition) is 3. The van der Waals surface area contributed by atoms with Gasteiger partial charge in [0.1, 0.15) is 12.2 Å². The summed E-state index contributed by atoms with van der Waals surface area (Å²) in [5.41, 5.74) is -0.278. The first kappa shape index (κ1) is 12.6. The summed E-state index contributed by atoms with van der Waals surface area (Å²) in [6.07, 6.45) is 0.257. The molecule has 0 spiro atoms. The fraction of sp³-hybridized carbons (Fsp3) is 0.800. The van der Waals surface area contributed by atoms with Crippen LogP contribution < -0.4 is 0 Å². The SMILES string of the molecule is CC/C(C)=C\C(O)C(O)C(C)(C)O. The first-order chi connectivity index (χ1) is 5.79. The maximum absolute atomic E-state index is 9.47. The van der Waals surface area contributed by atoms with Gasteiger partial charge in [0, 0.05) is 0 Å². The average molecular weight is 188 g/mol. The third-order valence-corrected chi connectivity index (χ3v) is 2.06. The van der Waals surface area contributed by atoms with Gasteiger partial charge < -0.3 is 15.3 Å². The Kier molecular flexibility index (Phi) is 4.61. The van der Waals surface area contributed by atoms with E-state index >= 15 is 0 Å². The Morgan fingerprint density at radius 3 is 2.15 bits per heavy atom. The van der Waals surface area contributed by atoms with Crippen LogP contribution in [-0.2, 0) is 0 Å². The molecular weight excluding hydrogens is 168 g/mol. The minimum absolute atomic E-state index is 0.829. The molecule has 2 unspecified atom stereocenters. The molecule has 0 fully saturated rings. The zero-order chi connectivity index (χ0) is 10.6. The highest BCUT2D eigenvalue weighted by Crippen LogP contribution is 2.14. The molecule has 0 aromatic heterocycles. The number of hydrogen-bond donors (Lipinski definition) is 3. The molecule has 0 rings (SSSR count). The Labute approximate surface area is 79.7 Å². The van der Waals surface area contributed by atoms with E-state index in [2.05, 4.69) is 0 Å². The lowest BCUT2D eigenvalue weighted by molar-refractivity contribution is -0.0918. The third kappa shape index (κ3) is 4.41. The molecule has 3 N–H and O–H groups in total. The van der Waals surface area contributed by atoms with Crippen LogP contribution in [0.25, 0.3) is 0 Å². The molecule has 0 amide bonds. The van der Waals surface area contributed by atoms with E-state index in [0.29, 0.717) is 0 Å². The van der Waals surface area contributed by atoms with Gasteiger partial charge in [-0.2, -0.15) is 0 Å².